The zero-order valence-electron chi connectivity index (χ0n) is 18.1. The number of nitrogens with one attached hydrogen (secondary N) is 2. The van der Waals surface area contributed by atoms with Gasteiger partial charge in [0.05, 0.1) is 0 Å². The van der Waals surface area contributed by atoms with Gasteiger partial charge in [-0.3, -0.25) is 14.4 Å². The average Bonchev–Trinajstić information content (AvgIpc) is 2.81. The highest BCUT2D eigenvalue weighted by Gasteiger charge is 2.34. The van der Waals surface area contributed by atoms with Gasteiger partial charge in [-0.05, 0) is 62.1 Å². The zero-order valence-corrected chi connectivity index (χ0v) is 18.1. The number of amides is 3. The molecule has 168 valence electrons. The molecule has 0 unspecified atom stereocenters. The minimum atomic E-state index is -0.717. The van der Waals surface area contributed by atoms with Crippen LogP contribution in [0.25, 0.3) is 0 Å². The van der Waals surface area contributed by atoms with E-state index in [1.54, 1.807) is 29.2 Å². The number of hydrogen-bond acceptors (Lipinski definition) is 3. The number of hydrogen-bond donors (Lipinski definition) is 2. The number of nitrogens with zero attached hydrogens (tertiary/aromatic N) is 1. The second-order valence-corrected chi connectivity index (χ2v) is 7.99. The van der Waals surface area contributed by atoms with Crippen molar-refractivity contribution in [2.24, 2.45) is 5.92 Å². The quantitative estimate of drug-likeness (QED) is 0.654. The van der Waals surface area contributed by atoms with Gasteiger partial charge in [0, 0.05) is 30.8 Å². The molecule has 0 aliphatic carbocycles. The fourth-order valence-electron chi connectivity index (χ4n) is 3.90. The highest BCUT2D eigenvalue weighted by molar-refractivity contribution is 5.98. The van der Waals surface area contributed by atoms with Gasteiger partial charge >= 0.3 is 0 Å². The number of halogens is 1. The summed E-state index contributed by atoms with van der Waals surface area (Å²) in [5.41, 5.74) is 1.88. The molecule has 0 radical (unpaired) electrons. The lowest BCUT2D eigenvalue weighted by Gasteiger charge is -2.35. The lowest BCUT2D eigenvalue weighted by molar-refractivity contribution is -0.124. The van der Waals surface area contributed by atoms with E-state index in [-0.39, 0.29) is 23.6 Å². The molecule has 0 aromatic heterocycles. The SMILES string of the molecule is C=CCNC(=O)[C@H](NC(=O)c1cccc(C)c1)C1CCN(C(=O)c2ccc(F)cc2)CC1. The van der Waals surface area contributed by atoms with Gasteiger partial charge in [-0.15, -0.1) is 6.58 Å². The molecule has 1 aliphatic heterocycles. The van der Waals surface area contributed by atoms with E-state index in [2.05, 4.69) is 17.2 Å². The number of aryl methyl sites for hydroxylation is 1. The van der Waals surface area contributed by atoms with Crippen molar-refractivity contribution in [1.82, 2.24) is 15.5 Å². The normalized spacial score (nSPS) is 15.0. The van der Waals surface area contributed by atoms with Crippen LogP contribution in [0.15, 0.2) is 61.2 Å². The first-order chi connectivity index (χ1) is 15.4. The van der Waals surface area contributed by atoms with Gasteiger partial charge in [0.2, 0.25) is 5.91 Å². The van der Waals surface area contributed by atoms with Crippen LogP contribution < -0.4 is 10.6 Å². The molecule has 0 spiro atoms. The molecule has 1 heterocycles. The van der Waals surface area contributed by atoms with Crippen molar-refractivity contribution in [2.75, 3.05) is 19.6 Å². The number of benzene rings is 2. The summed E-state index contributed by atoms with van der Waals surface area (Å²) in [4.78, 5) is 40.0. The molecule has 2 aromatic carbocycles. The van der Waals surface area contributed by atoms with Gasteiger partial charge in [-0.25, -0.2) is 4.39 Å². The molecule has 1 saturated heterocycles. The Kier molecular flexibility index (Phi) is 7.76. The molecule has 0 saturated carbocycles. The monoisotopic (exact) mass is 437 g/mol. The van der Waals surface area contributed by atoms with Crippen LogP contribution in [-0.2, 0) is 4.79 Å². The third-order valence-corrected chi connectivity index (χ3v) is 5.66. The smallest absolute Gasteiger partial charge is 0.253 e. The lowest BCUT2D eigenvalue weighted by atomic mass is 9.88. The van der Waals surface area contributed by atoms with Gasteiger partial charge in [0.15, 0.2) is 0 Å². The Morgan fingerprint density at radius 3 is 2.44 bits per heavy atom. The van der Waals surface area contributed by atoms with Crippen LogP contribution in [0.3, 0.4) is 0 Å². The second-order valence-electron chi connectivity index (χ2n) is 7.99. The van der Waals surface area contributed by atoms with Crippen LogP contribution >= 0.6 is 0 Å². The highest BCUT2D eigenvalue weighted by atomic mass is 19.1. The third-order valence-electron chi connectivity index (χ3n) is 5.66. The molecular weight excluding hydrogens is 409 g/mol. The fourth-order valence-corrected chi connectivity index (χ4v) is 3.90. The third kappa shape index (κ3) is 5.81. The summed E-state index contributed by atoms with van der Waals surface area (Å²) in [7, 11) is 0. The van der Waals surface area contributed by atoms with E-state index >= 15 is 0 Å². The van der Waals surface area contributed by atoms with E-state index < -0.39 is 11.9 Å². The summed E-state index contributed by atoms with van der Waals surface area (Å²) in [5, 5.41) is 5.67. The molecule has 1 aliphatic rings. The maximum absolute atomic E-state index is 13.1. The topological polar surface area (TPSA) is 78.5 Å². The van der Waals surface area contributed by atoms with Crippen LogP contribution in [0.1, 0.15) is 39.1 Å². The van der Waals surface area contributed by atoms with Gasteiger partial charge < -0.3 is 15.5 Å². The van der Waals surface area contributed by atoms with Crippen molar-refractivity contribution in [3.8, 4) is 0 Å². The van der Waals surface area contributed by atoms with E-state index in [9.17, 15) is 18.8 Å². The van der Waals surface area contributed by atoms with Gasteiger partial charge in [0.25, 0.3) is 11.8 Å². The molecule has 32 heavy (non-hydrogen) atoms. The Bertz CT molecular complexity index is 982. The molecule has 3 amide bonds. The Balaban J connectivity index is 1.68. The molecule has 1 fully saturated rings. The molecule has 3 rings (SSSR count). The van der Waals surface area contributed by atoms with Crippen molar-refractivity contribution in [3.63, 3.8) is 0 Å². The predicted molar refractivity (Wildman–Crippen MR) is 121 cm³/mol. The van der Waals surface area contributed by atoms with Crippen LogP contribution in [0.5, 0.6) is 0 Å². The van der Waals surface area contributed by atoms with Gasteiger partial charge in [-0.1, -0.05) is 23.8 Å². The second kappa shape index (κ2) is 10.7. The van der Waals surface area contributed by atoms with E-state index in [0.29, 0.717) is 43.6 Å². The van der Waals surface area contributed by atoms with Crippen molar-refractivity contribution in [1.29, 1.82) is 0 Å². The van der Waals surface area contributed by atoms with E-state index in [4.69, 9.17) is 0 Å². The molecular formula is C25H28FN3O3. The van der Waals surface area contributed by atoms with Crippen molar-refractivity contribution >= 4 is 17.7 Å². The molecule has 0 bridgehead atoms. The van der Waals surface area contributed by atoms with Crippen LogP contribution in [-0.4, -0.2) is 48.3 Å². The molecule has 6 nitrogen and oxygen atoms in total. The molecule has 2 N–H and O–H groups in total. The summed E-state index contributed by atoms with van der Waals surface area (Å²) < 4.78 is 13.1. The molecule has 2 aromatic rings. The Hall–Kier alpha value is -3.48. The average molecular weight is 438 g/mol. The largest absolute Gasteiger partial charge is 0.351 e. The number of carbonyl (C=O) groups is 3. The maximum atomic E-state index is 13.1. The van der Waals surface area contributed by atoms with E-state index in [1.807, 2.05) is 13.0 Å². The number of piperidine rings is 1. The van der Waals surface area contributed by atoms with Crippen molar-refractivity contribution in [3.05, 3.63) is 83.7 Å². The van der Waals surface area contributed by atoms with E-state index in [0.717, 1.165) is 5.56 Å². The summed E-state index contributed by atoms with van der Waals surface area (Å²) >= 11 is 0. The summed E-state index contributed by atoms with van der Waals surface area (Å²) in [6.07, 6.45) is 2.71. The summed E-state index contributed by atoms with van der Waals surface area (Å²) in [6, 6.07) is 11.9. The first kappa shape index (κ1) is 23.2. The Morgan fingerprint density at radius 1 is 1.12 bits per heavy atom. The standard InChI is InChI=1S/C25H28FN3O3/c1-3-13-27-24(31)22(28-23(30)20-6-4-5-17(2)16-20)18-11-14-29(15-12-18)25(32)19-7-9-21(26)10-8-19/h3-10,16,18,22H,1,11-15H2,2H3,(H,27,31)(H,28,30)/t22-/m1/s1. The first-order valence-corrected chi connectivity index (χ1v) is 10.7. The number of carbonyl (C=O) groups excluding carboxylic acids is 3. The van der Waals surface area contributed by atoms with Gasteiger partial charge in [0.1, 0.15) is 11.9 Å². The number of likely N-dealkylation sites (tertiary alicyclic amines) is 1. The molecule has 1 atom stereocenters. The maximum Gasteiger partial charge on any atom is 0.253 e. The van der Waals surface area contributed by atoms with Gasteiger partial charge in [-0.2, -0.15) is 0 Å². The summed E-state index contributed by atoms with van der Waals surface area (Å²) in [6.45, 7) is 6.72. The van der Waals surface area contributed by atoms with Crippen LogP contribution in [0, 0.1) is 18.7 Å². The highest BCUT2D eigenvalue weighted by Crippen LogP contribution is 2.23. The van der Waals surface area contributed by atoms with E-state index in [1.165, 1.54) is 24.3 Å². The van der Waals surface area contributed by atoms with Crippen LogP contribution in [0.2, 0.25) is 0 Å². The first-order valence-electron chi connectivity index (χ1n) is 10.7. The zero-order chi connectivity index (χ0) is 23.1. The number of rotatable bonds is 7. The van der Waals surface area contributed by atoms with Crippen molar-refractivity contribution in [2.45, 2.75) is 25.8 Å². The lowest BCUT2D eigenvalue weighted by Crippen LogP contribution is -2.53. The minimum Gasteiger partial charge on any atom is -0.351 e. The minimum absolute atomic E-state index is 0.120. The van der Waals surface area contributed by atoms with Crippen LogP contribution in [0.4, 0.5) is 4.39 Å². The predicted octanol–water partition coefficient (Wildman–Crippen LogP) is 3.09. The Labute approximate surface area is 187 Å². The molecule has 7 heteroatoms. The van der Waals surface area contributed by atoms with Crippen molar-refractivity contribution < 1.29 is 18.8 Å². The fraction of sp³-hybridized carbons (Fsp3) is 0.320. The summed E-state index contributed by atoms with van der Waals surface area (Å²) in [5.74, 6) is -1.25. The Morgan fingerprint density at radius 2 is 1.81 bits per heavy atom.